The maximum absolute atomic E-state index is 12.0. The molecule has 0 bridgehead atoms. The third-order valence-electron chi connectivity index (χ3n) is 2.02. The number of aromatic nitrogens is 1. The Kier molecular flexibility index (Phi) is 5.59. The van der Waals surface area contributed by atoms with Crippen LogP contribution in [0.25, 0.3) is 0 Å². The Hall–Kier alpha value is 0.0500. The Balaban J connectivity index is 2.81. The van der Waals surface area contributed by atoms with E-state index in [-0.39, 0.29) is 17.2 Å². The minimum absolute atomic E-state index is 0.254. The molecule has 0 amide bonds. The summed E-state index contributed by atoms with van der Waals surface area (Å²) < 4.78 is 15.4. The molecule has 1 aromatic rings. The van der Waals surface area contributed by atoms with E-state index in [4.69, 9.17) is 0 Å². The Morgan fingerprint density at radius 1 is 1.71 bits per heavy atom. The molecule has 0 fully saturated rings. The zero-order valence-corrected chi connectivity index (χ0v) is 13.1. The summed E-state index contributed by atoms with van der Waals surface area (Å²) in [5, 5.41) is 0. The summed E-state index contributed by atoms with van der Waals surface area (Å²) in [4.78, 5) is 14.9. The third kappa shape index (κ3) is 4.33. The molecule has 0 radical (unpaired) electrons. The van der Waals surface area contributed by atoms with E-state index in [1.54, 1.807) is 5.51 Å². The van der Waals surface area contributed by atoms with E-state index in [9.17, 15) is 9.35 Å². The molecular formula is C10H15BrN2O2S2. The van der Waals surface area contributed by atoms with Crippen LogP contribution in [0.1, 0.15) is 38.9 Å². The number of nitrogens with zero attached hydrogens (tertiary/aromatic N) is 1. The smallest absolute Gasteiger partial charge is 0.136 e. The molecule has 1 rings (SSSR count). The summed E-state index contributed by atoms with van der Waals surface area (Å²) in [5.41, 5.74) is 2.43. The number of carbonyl (C=O) groups is 1. The van der Waals surface area contributed by atoms with Gasteiger partial charge in [-0.05, 0) is 36.7 Å². The fourth-order valence-corrected chi connectivity index (χ4v) is 3.11. The largest absolute Gasteiger partial charge is 0.598 e. The van der Waals surface area contributed by atoms with E-state index in [0.29, 0.717) is 0 Å². The van der Waals surface area contributed by atoms with Gasteiger partial charge < -0.3 is 9.35 Å². The summed E-state index contributed by atoms with van der Waals surface area (Å²) in [6, 6.07) is -0.312. The molecule has 1 heterocycles. The lowest BCUT2D eigenvalue weighted by Crippen LogP contribution is -2.41. The molecule has 2 atom stereocenters. The number of halogens is 1. The van der Waals surface area contributed by atoms with E-state index >= 15 is 0 Å². The summed E-state index contributed by atoms with van der Waals surface area (Å²) >= 11 is 3.60. The zero-order chi connectivity index (χ0) is 13.1. The summed E-state index contributed by atoms with van der Waals surface area (Å²) in [6.45, 7) is 5.64. The van der Waals surface area contributed by atoms with Gasteiger partial charge in [-0.3, -0.25) is 0 Å². The number of hydrogen-bond acceptors (Lipinski definition) is 5. The van der Waals surface area contributed by atoms with Crippen LogP contribution in [0, 0.1) is 0 Å². The first-order chi connectivity index (χ1) is 7.86. The number of carbonyl (C=O) groups excluding carboxylic acids is 1. The van der Waals surface area contributed by atoms with Gasteiger partial charge in [-0.2, -0.15) is 0 Å². The van der Waals surface area contributed by atoms with Crippen LogP contribution in [-0.2, 0) is 16.2 Å². The van der Waals surface area contributed by atoms with Crippen LogP contribution in [0.4, 0.5) is 0 Å². The van der Waals surface area contributed by atoms with E-state index in [1.165, 1.54) is 11.3 Å². The van der Waals surface area contributed by atoms with Crippen LogP contribution in [-0.4, -0.2) is 20.6 Å². The average molecular weight is 339 g/mol. The Labute approximate surface area is 117 Å². The first kappa shape index (κ1) is 15.1. The Morgan fingerprint density at radius 2 is 2.35 bits per heavy atom. The average Bonchev–Trinajstić information content (AvgIpc) is 2.62. The molecule has 96 valence electrons. The lowest BCUT2D eigenvalue weighted by Gasteiger charge is -2.26. The van der Waals surface area contributed by atoms with Gasteiger partial charge in [0.25, 0.3) is 0 Å². The summed E-state index contributed by atoms with van der Waals surface area (Å²) in [7, 11) is 0. The molecule has 1 N–H and O–H groups in total. The van der Waals surface area contributed by atoms with Crippen LogP contribution in [0.3, 0.4) is 0 Å². The molecule has 0 unspecified atom stereocenters. The van der Waals surface area contributed by atoms with Gasteiger partial charge >= 0.3 is 0 Å². The molecule has 0 saturated heterocycles. The molecular weight excluding hydrogens is 324 g/mol. The molecule has 0 spiro atoms. The monoisotopic (exact) mass is 338 g/mol. The zero-order valence-electron chi connectivity index (χ0n) is 9.90. The van der Waals surface area contributed by atoms with Crippen LogP contribution in [0.2, 0.25) is 0 Å². The predicted molar refractivity (Wildman–Crippen MR) is 74.3 cm³/mol. The van der Waals surface area contributed by atoms with Gasteiger partial charge in [0.2, 0.25) is 0 Å². The molecule has 0 aliphatic heterocycles. The van der Waals surface area contributed by atoms with Gasteiger partial charge in [-0.15, -0.1) is 16.1 Å². The van der Waals surface area contributed by atoms with Crippen molar-refractivity contribution in [3.63, 3.8) is 0 Å². The second kappa shape index (κ2) is 6.29. The minimum atomic E-state index is -1.23. The standard InChI is InChI=1S/C10H15BrN2O2S2/c1-10(2,3)17(15)13-7(4-5-14)8-9(11)16-6-12-8/h5-7,13H,4H2,1-3H3/t7-,17+/m1/s1. The molecule has 0 aliphatic carbocycles. The highest BCUT2D eigenvalue weighted by molar-refractivity contribution is 9.11. The lowest BCUT2D eigenvalue weighted by atomic mass is 10.2. The molecule has 17 heavy (non-hydrogen) atoms. The summed E-state index contributed by atoms with van der Waals surface area (Å²) in [5.74, 6) is 0. The number of hydrogen-bond donors (Lipinski definition) is 1. The van der Waals surface area contributed by atoms with E-state index in [2.05, 4.69) is 25.6 Å². The third-order valence-corrected chi connectivity index (χ3v) is 5.22. The van der Waals surface area contributed by atoms with Gasteiger partial charge in [-0.1, -0.05) is 0 Å². The highest BCUT2D eigenvalue weighted by atomic mass is 79.9. The first-order valence-electron chi connectivity index (χ1n) is 5.07. The van der Waals surface area contributed by atoms with Crippen molar-refractivity contribution in [2.75, 3.05) is 0 Å². The molecule has 0 saturated carbocycles. The van der Waals surface area contributed by atoms with E-state index < -0.39 is 11.4 Å². The minimum Gasteiger partial charge on any atom is -0.598 e. The second-order valence-corrected chi connectivity index (χ2v) is 8.64. The van der Waals surface area contributed by atoms with Crippen molar-refractivity contribution >= 4 is 44.9 Å². The fraction of sp³-hybridized carbons (Fsp3) is 0.600. The van der Waals surface area contributed by atoms with Crippen molar-refractivity contribution in [2.45, 2.75) is 38.0 Å². The van der Waals surface area contributed by atoms with Gasteiger partial charge in [0.15, 0.2) is 0 Å². The number of rotatable bonds is 5. The first-order valence-corrected chi connectivity index (χ1v) is 7.89. The van der Waals surface area contributed by atoms with Gasteiger partial charge in [0.05, 0.1) is 15.0 Å². The lowest BCUT2D eigenvalue weighted by molar-refractivity contribution is -0.108. The maximum atomic E-state index is 12.0. The second-order valence-electron chi connectivity index (χ2n) is 4.47. The van der Waals surface area contributed by atoms with Crippen molar-refractivity contribution in [1.82, 2.24) is 9.71 Å². The van der Waals surface area contributed by atoms with Crippen molar-refractivity contribution in [3.05, 3.63) is 15.0 Å². The van der Waals surface area contributed by atoms with Crippen LogP contribution < -0.4 is 4.72 Å². The number of nitrogens with one attached hydrogen (secondary N) is 1. The molecule has 1 aromatic heterocycles. The van der Waals surface area contributed by atoms with E-state index in [1.807, 2.05) is 20.8 Å². The normalized spacial score (nSPS) is 15.6. The van der Waals surface area contributed by atoms with Crippen LogP contribution >= 0.6 is 27.3 Å². The van der Waals surface area contributed by atoms with Gasteiger partial charge in [0, 0.05) is 17.8 Å². The maximum Gasteiger partial charge on any atom is 0.136 e. The fourth-order valence-electron chi connectivity index (χ4n) is 1.09. The van der Waals surface area contributed by atoms with Crippen LogP contribution in [0.15, 0.2) is 9.30 Å². The van der Waals surface area contributed by atoms with E-state index in [0.717, 1.165) is 15.8 Å². The van der Waals surface area contributed by atoms with Crippen LogP contribution in [0.5, 0.6) is 0 Å². The Morgan fingerprint density at radius 3 is 2.76 bits per heavy atom. The molecule has 0 aliphatic rings. The van der Waals surface area contributed by atoms with Crippen molar-refractivity contribution in [2.24, 2.45) is 0 Å². The number of aldehydes is 1. The van der Waals surface area contributed by atoms with Crippen molar-refractivity contribution < 1.29 is 9.35 Å². The Bertz CT molecular complexity index is 379. The van der Waals surface area contributed by atoms with Gasteiger partial charge in [-0.25, -0.2) is 4.98 Å². The predicted octanol–water partition coefficient (Wildman–Crippen LogP) is 2.59. The van der Waals surface area contributed by atoms with Crippen molar-refractivity contribution in [3.8, 4) is 0 Å². The SMILES string of the molecule is CC(C)(C)[S@+]([O-])N[C@H](CC=O)c1ncsc1Br. The highest BCUT2D eigenvalue weighted by Gasteiger charge is 2.31. The molecule has 0 aromatic carbocycles. The molecule has 7 heteroatoms. The number of thiazole rings is 1. The van der Waals surface area contributed by atoms with Crippen molar-refractivity contribution in [1.29, 1.82) is 0 Å². The highest BCUT2D eigenvalue weighted by Crippen LogP contribution is 2.29. The summed E-state index contributed by atoms with van der Waals surface area (Å²) in [6.07, 6.45) is 1.06. The quantitative estimate of drug-likeness (QED) is 0.661. The van der Waals surface area contributed by atoms with Gasteiger partial charge in [0.1, 0.15) is 17.1 Å². The molecule has 4 nitrogen and oxygen atoms in total. The topological polar surface area (TPSA) is 65.0 Å².